The Morgan fingerprint density at radius 1 is 1.37 bits per heavy atom. The fourth-order valence-electron chi connectivity index (χ4n) is 2.55. The zero-order valence-corrected chi connectivity index (χ0v) is 11.8. The number of methoxy groups -OCH3 is 3. The van der Waals surface area contributed by atoms with Crippen molar-refractivity contribution in [3.63, 3.8) is 0 Å². The molecule has 2 heterocycles. The highest BCUT2D eigenvalue weighted by atomic mass is 16.5. The third-order valence-corrected chi connectivity index (χ3v) is 3.57. The van der Waals surface area contributed by atoms with Crippen molar-refractivity contribution in [3.05, 3.63) is 24.0 Å². The minimum atomic E-state index is 0.283. The summed E-state index contributed by atoms with van der Waals surface area (Å²) in [6.45, 7) is 2.44. The van der Waals surface area contributed by atoms with Crippen molar-refractivity contribution in [3.8, 4) is 5.75 Å². The summed E-state index contributed by atoms with van der Waals surface area (Å²) >= 11 is 0. The minimum Gasteiger partial charge on any atom is -0.497 e. The van der Waals surface area contributed by atoms with Crippen molar-refractivity contribution >= 4 is 0 Å². The quantitative estimate of drug-likeness (QED) is 0.777. The summed E-state index contributed by atoms with van der Waals surface area (Å²) in [4.78, 5) is 6.75. The molecule has 1 fully saturated rings. The standard InChI is InChI=1S/C14H22N2O3/c1-17-10-12-7-14(19-3)9-16(12)8-11-6-13(18-2)4-5-15-11/h4-6,12,14H,7-10H2,1-3H3/t12-,14+/m0/s1. The summed E-state index contributed by atoms with van der Waals surface area (Å²) in [6.07, 6.45) is 3.07. The first kappa shape index (κ1) is 14.2. The molecule has 0 aliphatic carbocycles. The van der Waals surface area contributed by atoms with E-state index in [1.54, 1.807) is 27.5 Å². The molecule has 1 aliphatic rings. The van der Waals surface area contributed by atoms with Gasteiger partial charge in [-0.1, -0.05) is 0 Å². The Morgan fingerprint density at radius 3 is 2.89 bits per heavy atom. The third-order valence-electron chi connectivity index (χ3n) is 3.57. The van der Waals surface area contributed by atoms with Gasteiger partial charge in [0.15, 0.2) is 0 Å². The molecule has 2 atom stereocenters. The Labute approximate surface area is 114 Å². The van der Waals surface area contributed by atoms with E-state index in [2.05, 4.69) is 9.88 Å². The second-order valence-corrected chi connectivity index (χ2v) is 4.82. The molecule has 19 heavy (non-hydrogen) atoms. The van der Waals surface area contributed by atoms with Crippen molar-refractivity contribution < 1.29 is 14.2 Å². The average Bonchev–Trinajstić information content (AvgIpc) is 2.82. The lowest BCUT2D eigenvalue weighted by Crippen LogP contribution is -2.32. The smallest absolute Gasteiger partial charge is 0.122 e. The summed E-state index contributed by atoms with van der Waals surface area (Å²) in [6, 6.07) is 4.23. The molecule has 106 valence electrons. The van der Waals surface area contributed by atoms with Gasteiger partial charge < -0.3 is 14.2 Å². The Hall–Kier alpha value is -1.17. The largest absolute Gasteiger partial charge is 0.497 e. The van der Waals surface area contributed by atoms with Crippen molar-refractivity contribution in [1.29, 1.82) is 0 Å². The topological polar surface area (TPSA) is 43.8 Å². The molecule has 0 aromatic carbocycles. The highest BCUT2D eigenvalue weighted by molar-refractivity contribution is 5.22. The number of ether oxygens (including phenoxy) is 3. The van der Waals surface area contributed by atoms with Gasteiger partial charge in [-0.05, 0) is 12.5 Å². The van der Waals surface area contributed by atoms with Crippen LogP contribution in [0.15, 0.2) is 18.3 Å². The molecule has 1 saturated heterocycles. The van der Waals surface area contributed by atoms with Crippen molar-refractivity contribution in [1.82, 2.24) is 9.88 Å². The van der Waals surface area contributed by atoms with Gasteiger partial charge in [-0.3, -0.25) is 9.88 Å². The second-order valence-electron chi connectivity index (χ2n) is 4.82. The van der Waals surface area contributed by atoms with E-state index in [1.165, 1.54) is 0 Å². The van der Waals surface area contributed by atoms with E-state index in [4.69, 9.17) is 14.2 Å². The van der Waals surface area contributed by atoms with Crippen molar-refractivity contribution in [2.75, 3.05) is 34.5 Å². The summed E-state index contributed by atoms with van der Waals surface area (Å²) in [5.41, 5.74) is 1.01. The highest BCUT2D eigenvalue weighted by Crippen LogP contribution is 2.23. The SMILES string of the molecule is COC[C@@H]1C[C@@H](OC)CN1Cc1cc(OC)ccn1. The molecule has 0 saturated carbocycles. The molecular formula is C14H22N2O3. The Balaban J connectivity index is 2.02. The summed E-state index contributed by atoms with van der Waals surface area (Å²) < 4.78 is 16.0. The maximum absolute atomic E-state index is 5.46. The van der Waals surface area contributed by atoms with Crippen LogP contribution in [0.25, 0.3) is 0 Å². The number of aromatic nitrogens is 1. The van der Waals surface area contributed by atoms with Crippen LogP contribution in [0.1, 0.15) is 12.1 Å². The van der Waals surface area contributed by atoms with E-state index in [1.807, 2.05) is 12.1 Å². The normalized spacial score (nSPS) is 23.7. The maximum atomic E-state index is 5.46. The molecule has 5 heteroatoms. The lowest BCUT2D eigenvalue weighted by Gasteiger charge is -2.23. The van der Waals surface area contributed by atoms with Crippen LogP contribution in [0, 0.1) is 0 Å². The van der Waals surface area contributed by atoms with Crippen LogP contribution < -0.4 is 4.74 Å². The number of hydrogen-bond donors (Lipinski definition) is 0. The predicted octanol–water partition coefficient (Wildman–Crippen LogP) is 1.33. The van der Waals surface area contributed by atoms with E-state index < -0.39 is 0 Å². The van der Waals surface area contributed by atoms with Gasteiger partial charge in [0.2, 0.25) is 0 Å². The van der Waals surface area contributed by atoms with Gasteiger partial charge in [0.05, 0.1) is 25.5 Å². The summed E-state index contributed by atoms with van der Waals surface area (Å²) in [7, 11) is 5.17. The van der Waals surface area contributed by atoms with E-state index >= 15 is 0 Å². The van der Waals surface area contributed by atoms with Crippen molar-refractivity contribution in [2.24, 2.45) is 0 Å². The van der Waals surface area contributed by atoms with Crippen LogP contribution in [0.5, 0.6) is 5.75 Å². The molecule has 0 bridgehead atoms. The Bertz CT molecular complexity index is 400. The molecule has 0 unspecified atom stereocenters. The molecule has 0 amide bonds. The van der Waals surface area contributed by atoms with Gasteiger partial charge in [0.1, 0.15) is 5.75 Å². The van der Waals surface area contributed by atoms with E-state index in [0.29, 0.717) is 6.04 Å². The fraction of sp³-hybridized carbons (Fsp3) is 0.643. The molecule has 2 rings (SSSR count). The first-order valence-electron chi connectivity index (χ1n) is 6.51. The summed E-state index contributed by atoms with van der Waals surface area (Å²) in [5.74, 6) is 0.843. The van der Waals surface area contributed by atoms with E-state index in [9.17, 15) is 0 Å². The van der Waals surface area contributed by atoms with Gasteiger partial charge in [-0.2, -0.15) is 0 Å². The van der Waals surface area contributed by atoms with Crippen LogP contribution in [0.3, 0.4) is 0 Å². The van der Waals surface area contributed by atoms with E-state index in [0.717, 1.165) is 37.6 Å². The van der Waals surface area contributed by atoms with Crippen LogP contribution in [0.2, 0.25) is 0 Å². The number of hydrogen-bond acceptors (Lipinski definition) is 5. The zero-order chi connectivity index (χ0) is 13.7. The molecular weight excluding hydrogens is 244 g/mol. The van der Waals surface area contributed by atoms with Gasteiger partial charge in [-0.25, -0.2) is 0 Å². The zero-order valence-electron chi connectivity index (χ0n) is 11.8. The molecule has 0 radical (unpaired) electrons. The Kier molecular flexibility index (Phi) is 5.13. The molecule has 0 N–H and O–H groups in total. The predicted molar refractivity (Wildman–Crippen MR) is 72.3 cm³/mol. The Morgan fingerprint density at radius 2 is 2.21 bits per heavy atom. The summed E-state index contributed by atoms with van der Waals surface area (Å²) in [5, 5.41) is 0. The van der Waals surface area contributed by atoms with Gasteiger partial charge in [0, 0.05) is 45.6 Å². The number of pyridine rings is 1. The molecule has 1 aliphatic heterocycles. The lowest BCUT2D eigenvalue weighted by molar-refractivity contribution is 0.105. The molecule has 0 spiro atoms. The highest BCUT2D eigenvalue weighted by Gasteiger charge is 2.32. The first-order chi connectivity index (χ1) is 9.26. The van der Waals surface area contributed by atoms with Gasteiger partial charge in [-0.15, -0.1) is 0 Å². The third kappa shape index (κ3) is 3.65. The molecule has 1 aromatic heterocycles. The minimum absolute atomic E-state index is 0.283. The molecule has 1 aromatic rings. The van der Waals surface area contributed by atoms with Crippen LogP contribution in [-0.2, 0) is 16.0 Å². The lowest BCUT2D eigenvalue weighted by atomic mass is 10.2. The fourth-order valence-corrected chi connectivity index (χ4v) is 2.55. The van der Waals surface area contributed by atoms with Gasteiger partial charge in [0.25, 0.3) is 0 Å². The van der Waals surface area contributed by atoms with Crippen molar-refractivity contribution in [2.45, 2.75) is 25.1 Å². The van der Waals surface area contributed by atoms with E-state index in [-0.39, 0.29) is 6.10 Å². The second kappa shape index (κ2) is 6.84. The van der Waals surface area contributed by atoms with Gasteiger partial charge >= 0.3 is 0 Å². The average molecular weight is 266 g/mol. The first-order valence-corrected chi connectivity index (χ1v) is 6.51. The number of likely N-dealkylation sites (tertiary alicyclic amines) is 1. The maximum Gasteiger partial charge on any atom is 0.122 e. The number of nitrogens with zero attached hydrogens (tertiary/aromatic N) is 2. The monoisotopic (exact) mass is 266 g/mol. The van der Waals surface area contributed by atoms with Crippen LogP contribution in [0.4, 0.5) is 0 Å². The van der Waals surface area contributed by atoms with Crippen LogP contribution in [-0.4, -0.2) is 56.5 Å². The van der Waals surface area contributed by atoms with Crippen LogP contribution >= 0.6 is 0 Å². The number of rotatable bonds is 6. The molecule has 5 nitrogen and oxygen atoms in total.